The second-order valence-electron chi connectivity index (χ2n) is 6.73. The van der Waals surface area contributed by atoms with Crippen molar-refractivity contribution in [1.29, 1.82) is 0 Å². The van der Waals surface area contributed by atoms with E-state index in [0.717, 1.165) is 42.7 Å². The maximum Gasteiger partial charge on any atom is 0.321 e. The van der Waals surface area contributed by atoms with Crippen LogP contribution in [-0.4, -0.2) is 37.0 Å². The number of benzene rings is 2. The van der Waals surface area contributed by atoms with Crippen molar-refractivity contribution in [3.05, 3.63) is 65.5 Å². The number of halogens is 1. The van der Waals surface area contributed by atoms with Crippen LogP contribution in [0.4, 0.5) is 14.9 Å². The number of amides is 2. The molecule has 0 unspecified atom stereocenters. The van der Waals surface area contributed by atoms with Crippen LogP contribution < -0.4 is 16.0 Å². The van der Waals surface area contributed by atoms with Crippen LogP contribution in [0.1, 0.15) is 24.0 Å². The van der Waals surface area contributed by atoms with Gasteiger partial charge in [0.2, 0.25) is 0 Å². The fourth-order valence-electron chi connectivity index (χ4n) is 3.08. The van der Waals surface area contributed by atoms with Gasteiger partial charge in [0, 0.05) is 38.9 Å². The van der Waals surface area contributed by atoms with Crippen molar-refractivity contribution in [2.24, 2.45) is 4.99 Å². The molecule has 6 nitrogen and oxygen atoms in total. The Morgan fingerprint density at radius 3 is 2.39 bits per heavy atom. The van der Waals surface area contributed by atoms with E-state index in [1.807, 2.05) is 29.2 Å². The van der Waals surface area contributed by atoms with E-state index >= 15 is 0 Å². The van der Waals surface area contributed by atoms with Crippen LogP contribution in [0.3, 0.4) is 0 Å². The number of hydrogen-bond acceptors (Lipinski definition) is 2. The normalized spacial score (nSPS) is 14.1. The van der Waals surface area contributed by atoms with Crippen LogP contribution in [-0.2, 0) is 13.1 Å². The molecule has 28 heavy (non-hydrogen) atoms. The molecule has 3 rings (SSSR count). The van der Waals surface area contributed by atoms with Crippen molar-refractivity contribution in [3.63, 3.8) is 0 Å². The Bertz CT molecular complexity index is 816. The molecule has 1 heterocycles. The van der Waals surface area contributed by atoms with Gasteiger partial charge < -0.3 is 20.9 Å². The summed E-state index contributed by atoms with van der Waals surface area (Å²) in [4.78, 5) is 18.3. The van der Waals surface area contributed by atoms with Crippen molar-refractivity contribution in [1.82, 2.24) is 15.5 Å². The van der Waals surface area contributed by atoms with E-state index in [1.165, 1.54) is 12.1 Å². The molecule has 0 aromatic heterocycles. The molecule has 3 N–H and O–H groups in total. The lowest BCUT2D eigenvalue weighted by molar-refractivity contribution is 0.222. The molecule has 0 radical (unpaired) electrons. The van der Waals surface area contributed by atoms with Gasteiger partial charge in [0.1, 0.15) is 5.82 Å². The van der Waals surface area contributed by atoms with Crippen molar-refractivity contribution in [2.45, 2.75) is 25.9 Å². The summed E-state index contributed by atoms with van der Waals surface area (Å²) in [6.45, 7) is 2.76. The Balaban J connectivity index is 1.49. The van der Waals surface area contributed by atoms with Crippen molar-refractivity contribution >= 4 is 17.7 Å². The average Bonchev–Trinajstić information content (AvgIpc) is 3.25. The topological polar surface area (TPSA) is 68.8 Å². The van der Waals surface area contributed by atoms with Crippen molar-refractivity contribution < 1.29 is 9.18 Å². The summed E-state index contributed by atoms with van der Waals surface area (Å²) in [5, 5.41) is 9.40. The number of urea groups is 1. The summed E-state index contributed by atoms with van der Waals surface area (Å²) in [5.74, 6) is 0.402. The van der Waals surface area contributed by atoms with Gasteiger partial charge in [-0.25, -0.2) is 9.18 Å². The smallest absolute Gasteiger partial charge is 0.321 e. The Morgan fingerprint density at radius 2 is 1.71 bits per heavy atom. The minimum Gasteiger partial charge on any atom is -0.352 e. The predicted molar refractivity (Wildman–Crippen MR) is 110 cm³/mol. The Hall–Kier alpha value is -3.09. The quantitative estimate of drug-likeness (QED) is 0.548. The first-order valence-corrected chi connectivity index (χ1v) is 9.48. The Morgan fingerprint density at radius 1 is 1.04 bits per heavy atom. The number of carbonyl (C=O) groups excluding carboxylic acids is 1. The number of rotatable bonds is 5. The molecule has 0 aliphatic carbocycles. The molecule has 2 aromatic rings. The van der Waals surface area contributed by atoms with Gasteiger partial charge in [0.25, 0.3) is 0 Å². The average molecular weight is 383 g/mol. The maximum absolute atomic E-state index is 13.0. The minimum absolute atomic E-state index is 0.0422. The van der Waals surface area contributed by atoms with E-state index in [9.17, 15) is 9.18 Å². The molecule has 7 heteroatoms. The Kier molecular flexibility index (Phi) is 6.84. The van der Waals surface area contributed by atoms with E-state index in [2.05, 4.69) is 20.9 Å². The fourth-order valence-corrected chi connectivity index (χ4v) is 3.08. The molecule has 1 aliphatic rings. The highest BCUT2D eigenvalue weighted by Crippen LogP contribution is 2.14. The highest BCUT2D eigenvalue weighted by Gasteiger charge is 2.17. The number of nitrogens with zero attached hydrogens (tertiary/aromatic N) is 2. The van der Waals surface area contributed by atoms with Crippen LogP contribution in [0, 0.1) is 5.82 Å². The van der Waals surface area contributed by atoms with Crippen LogP contribution in [0.15, 0.2) is 53.5 Å². The fraction of sp³-hybridized carbons (Fsp3) is 0.333. The van der Waals surface area contributed by atoms with Gasteiger partial charge in [0.15, 0.2) is 5.96 Å². The first kappa shape index (κ1) is 19.7. The summed E-state index contributed by atoms with van der Waals surface area (Å²) < 4.78 is 13.0. The van der Waals surface area contributed by atoms with Crippen LogP contribution >= 0.6 is 0 Å². The molecule has 0 bridgehead atoms. The molecular formula is C21H26FN5O. The van der Waals surface area contributed by atoms with Gasteiger partial charge >= 0.3 is 6.03 Å². The van der Waals surface area contributed by atoms with Gasteiger partial charge in [-0.3, -0.25) is 4.99 Å². The van der Waals surface area contributed by atoms with E-state index in [0.29, 0.717) is 19.0 Å². The lowest BCUT2D eigenvalue weighted by Gasteiger charge is -2.17. The molecule has 0 atom stereocenters. The summed E-state index contributed by atoms with van der Waals surface area (Å²) >= 11 is 0. The Labute approximate surface area is 164 Å². The number of guanidine groups is 1. The van der Waals surface area contributed by atoms with Crippen molar-refractivity contribution in [3.8, 4) is 0 Å². The van der Waals surface area contributed by atoms with Gasteiger partial charge in [-0.1, -0.05) is 24.3 Å². The molecule has 0 spiro atoms. The van der Waals surface area contributed by atoms with Gasteiger partial charge in [-0.05, 0) is 48.2 Å². The first-order valence-electron chi connectivity index (χ1n) is 9.48. The third kappa shape index (κ3) is 5.70. The van der Waals surface area contributed by atoms with Crippen LogP contribution in [0.25, 0.3) is 0 Å². The van der Waals surface area contributed by atoms with Crippen LogP contribution in [0.5, 0.6) is 0 Å². The number of anilines is 1. The van der Waals surface area contributed by atoms with E-state index in [1.54, 1.807) is 19.2 Å². The van der Waals surface area contributed by atoms with Crippen LogP contribution in [0.2, 0.25) is 0 Å². The molecule has 1 aliphatic heterocycles. The summed E-state index contributed by atoms with van der Waals surface area (Å²) in [6.07, 6.45) is 2.14. The number of hydrogen-bond donors (Lipinski definition) is 3. The largest absolute Gasteiger partial charge is 0.352 e. The highest BCUT2D eigenvalue weighted by molar-refractivity contribution is 5.89. The van der Waals surface area contributed by atoms with Crippen molar-refractivity contribution in [2.75, 3.05) is 25.5 Å². The van der Waals surface area contributed by atoms with E-state index < -0.39 is 0 Å². The van der Waals surface area contributed by atoms with Gasteiger partial charge in [-0.2, -0.15) is 0 Å². The van der Waals surface area contributed by atoms with E-state index in [4.69, 9.17) is 0 Å². The number of carbonyl (C=O) groups is 1. The molecule has 1 fully saturated rings. The van der Waals surface area contributed by atoms with Gasteiger partial charge in [-0.15, -0.1) is 0 Å². The molecular weight excluding hydrogens is 357 g/mol. The SMILES string of the molecule is CN=C(NCc1ccc(F)cc1)NCc1cccc(NC(=O)N2CCCC2)c1. The third-order valence-electron chi connectivity index (χ3n) is 4.63. The molecule has 1 saturated heterocycles. The molecule has 2 aromatic carbocycles. The zero-order valence-corrected chi connectivity index (χ0v) is 16.0. The zero-order chi connectivity index (χ0) is 19.8. The zero-order valence-electron chi connectivity index (χ0n) is 16.0. The number of likely N-dealkylation sites (tertiary alicyclic amines) is 1. The number of aliphatic imine (C=N–C) groups is 1. The van der Waals surface area contributed by atoms with Gasteiger partial charge in [0.05, 0.1) is 0 Å². The predicted octanol–water partition coefficient (Wildman–Crippen LogP) is 3.32. The molecule has 0 saturated carbocycles. The second kappa shape index (κ2) is 9.73. The molecule has 148 valence electrons. The number of nitrogens with one attached hydrogen (secondary N) is 3. The first-order chi connectivity index (χ1) is 13.6. The molecule has 2 amide bonds. The lowest BCUT2D eigenvalue weighted by Crippen LogP contribution is -2.36. The summed E-state index contributed by atoms with van der Waals surface area (Å²) in [5.41, 5.74) is 2.78. The highest BCUT2D eigenvalue weighted by atomic mass is 19.1. The maximum atomic E-state index is 13.0. The summed E-state index contributed by atoms with van der Waals surface area (Å²) in [6, 6.07) is 14.1. The standard InChI is InChI=1S/C21H26FN5O/c1-23-20(24-14-16-7-9-18(22)10-8-16)25-15-17-5-4-6-19(13-17)26-21(28)27-11-2-3-12-27/h4-10,13H,2-3,11-12,14-15H2,1H3,(H,26,28)(H2,23,24,25). The van der Waals surface area contributed by atoms with E-state index in [-0.39, 0.29) is 11.8 Å². The lowest BCUT2D eigenvalue weighted by atomic mass is 10.2. The second-order valence-corrected chi connectivity index (χ2v) is 6.73. The minimum atomic E-state index is -0.247. The monoisotopic (exact) mass is 383 g/mol. The third-order valence-corrected chi connectivity index (χ3v) is 4.63. The summed E-state index contributed by atoms with van der Waals surface area (Å²) in [7, 11) is 1.70.